The van der Waals surface area contributed by atoms with E-state index < -0.39 is 10.0 Å². The van der Waals surface area contributed by atoms with Gasteiger partial charge in [-0.15, -0.1) is 0 Å². The minimum Gasteiger partial charge on any atom is -0.337 e. The molecule has 0 saturated carbocycles. The van der Waals surface area contributed by atoms with Crippen LogP contribution in [-0.2, 0) is 10.0 Å². The first-order chi connectivity index (χ1) is 13.6. The number of carbonyl (C=O) groups is 1. The second kappa shape index (κ2) is 10.3. The average molecular weight is 424 g/mol. The van der Waals surface area contributed by atoms with Crippen molar-refractivity contribution in [2.45, 2.75) is 57.4 Å². The molecule has 1 heterocycles. The molecular formula is C21H35N4O3S+. The number of amides is 1. The minimum atomic E-state index is -3.57. The normalized spacial score (nSPS) is 20.9. The number of quaternary nitrogens is 1. The van der Waals surface area contributed by atoms with Crippen LogP contribution in [0.3, 0.4) is 0 Å². The van der Waals surface area contributed by atoms with Gasteiger partial charge in [0.2, 0.25) is 10.0 Å². The summed E-state index contributed by atoms with van der Waals surface area (Å²) >= 11 is 0. The molecule has 2 N–H and O–H groups in total. The van der Waals surface area contributed by atoms with Gasteiger partial charge in [-0.1, -0.05) is 13.8 Å². The van der Waals surface area contributed by atoms with E-state index in [1.54, 1.807) is 7.05 Å². The third-order valence-corrected chi connectivity index (χ3v) is 7.47. The molecule has 0 unspecified atom stereocenters. The molecule has 1 fully saturated rings. The topological polar surface area (TPSA) is 83.3 Å². The fourth-order valence-electron chi connectivity index (χ4n) is 3.36. The Morgan fingerprint density at radius 2 is 1.83 bits per heavy atom. The molecule has 8 heteroatoms. The van der Waals surface area contributed by atoms with E-state index in [9.17, 15) is 13.2 Å². The predicted molar refractivity (Wildman–Crippen MR) is 116 cm³/mol. The maximum Gasteiger partial charge on any atom is 0.271 e. The van der Waals surface area contributed by atoms with Crippen LogP contribution in [0.5, 0.6) is 0 Å². The molecule has 0 radical (unpaired) electrons. The monoisotopic (exact) mass is 423 g/mol. The molecule has 1 aliphatic heterocycles. The Kier molecular flexibility index (Phi) is 8.36. The molecule has 0 atom stereocenters. The lowest BCUT2D eigenvalue weighted by atomic mass is 10.1. The molecule has 1 aliphatic rings. The van der Waals surface area contributed by atoms with Crippen molar-refractivity contribution in [2.75, 3.05) is 27.2 Å². The first-order valence-corrected chi connectivity index (χ1v) is 11.8. The Bertz CT molecular complexity index is 811. The number of likely N-dealkylation sites (tertiary alicyclic amines) is 1. The first-order valence-electron chi connectivity index (χ1n) is 10.3. The molecule has 0 spiro atoms. The molecule has 0 aliphatic carbocycles. The number of hydrogen-bond acceptors (Lipinski definition) is 4. The molecule has 1 saturated heterocycles. The van der Waals surface area contributed by atoms with Crippen molar-refractivity contribution in [2.24, 2.45) is 11.0 Å². The summed E-state index contributed by atoms with van der Waals surface area (Å²) in [6, 6.07) is 6.09. The van der Waals surface area contributed by atoms with E-state index in [1.807, 2.05) is 6.92 Å². The number of hydrazone groups is 1. The summed E-state index contributed by atoms with van der Waals surface area (Å²) in [6.45, 7) is 8.12. The second-order valence-electron chi connectivity index (χ2n) is 8.45. The molecule has 162 valence electrons. The average Bonchev–Trinajstić information content (AvgIpc) is 2.70. The Labute approximate surface area is 175 Å². The van der Waals surface area contributed by atoms with Gasteiger partial charge in [-0.2, -0.15) is 9.41 Å². The van der Waals surface area contributed by atoms with Crippen LogP contribution in [0.1, 0.15) is 56.8 Å². The zero-order chi connectivity index (χ0) is 21.6. The highest BCUT2D eigenvalue weighted by molar-refractivity contribution is 7.89. The summed E-state index contributed by atoms with van der Waals surface area (Å²) < 4.78 is 27.3. The van der Waals surface area contributed by atoms with Crippen LogP contribution >= 0.6 is 0 Å². The highest BCUT2D eigenvalue weighted by atomic mass is 32.2. The zero-order valence-corrected chi connectivity index (χ0v) is 19.1. The Balaban J connectivity index is 2.01. The molecule has 1 aromatic rings. The molecule has 0 bridgehead atoms. The standard InChI is InChI=1S/C21H34N4O3S/c1-16(2)6-7-17(3)22-23-21(26)18-8-10-20(11-9-18)29(27,28)25(5)19-12-14-24(4)15-13-19/h8-11,16,19H,6-7,12-15H2,1-5H3,(H,23,26)/p+1/b22-17-. The molecular weight excluding hydrogens is 388 g/mol. The number of nitrogens with zero attached hydrogens (tertiary/aromatic N) is 2. The summed E-state index contributed by atoms with van der Waals surface area (Å²) in [4.78, 5) is 13.9. The van der Waals surface area contributed by atoms with E-state index in [2.05, 4.69) is 31.4 Å². The van der Waals surface area contributed by atoms with E-state index in [0.29, 0.717) is 11.5 Å². The van der Waals surface area contributed by atoms with Crippen molar-refractivity contribution >= 4 is 21.6 Å². The SMILES string of the molecule is C/C(CCC(C)C)=N/NC(=O)c1ccc(S(=O)(=O)N(C)C2CC[NH+](C)CC2)cc1. The summed E-state index contributed by atoms with van der Waals surface area (Å²) in [5.74, 6) is 0.240. The van der Waals surface area contributed by atoms with Gasteiger partial charge in [-0.3, -0.25) is 4.79 Å². The van der Waals surface area contributed by atoms with Crippen LogP contribution in [0.25, 0.3) is 0 Å². The van der Waals surface area contributed by atoms with E-state index >= 15 is 0 Å². The lowest BCUT2D eigenvalue weighted by molar-refractivity contribution is -0.885. The van der Waals surface area contributed by atoms with Gasteiger partial charge >= 0.3 is 0 Å². The highest BCUT2D eigenvalue weighted by Gasteiger charge is 2.31. The minimum absolute atomic E-state index is 0.0230. The van der Waals surface area contributed by atoms with Gasteiger partial charge < -0.3 is 4.90 Å². The number of rotatable bonds is 8. The highest BCUT2D eigenvalue weighted by Crippen LogP contribution is 2.20. The lowest BCUT2D eigenvalue weighted by Crippen LogP contribution is -3.10. The summed E-state index contributed by atoms with van der Waals surface area (Å²) in [7, 11) is 0.203. The zero-order valence-electron chi connectivity index (χ0n) is 18.2. The predicted octanol–water partition coefficient (Wildman–Crippen LogP) is 1.53. The van der Waals surface area contributed by atoms with Crippen LogP contribution in [0, 0.1) is 5.92 Å². The van der Waals surface area contributed by atoms with Crippen molar-refractivity contribution in [3.63, 3.8) is 0 Å². The van der Waals surface area contributed by atoms with E-state index in [0.717, 1.165) is 44.5 Å². The van der Waals surface area contributed by atoms with Gasteiger partial charge in [-0.25, -0.2) is 13.8 Å². The molecule has 29 heavy (non-hydrogen) atoms. The summed E-state index contributed by atoms with van der Waals surface area (Å²) in [5, 5.41) is 4.13. The smallest absolute Gasteiger partial charge is 0.271 e. The van der Waals surface area contributed by atoms with Crippen LogP contribution in [0.4, 0.5) is 0 Å². The van der Waals surface area contributed by atoms with Gasteiger partial charge in [0, 0.05) is 37.2 Å². The fraction of sp³-hybridized carbons (Fsp3) is 0.619. The van der Waals surface area contributed by atoms with Crippen LogP contribution in [0.2, 0.25) is 0 Å². The number of carbonyl (C=O) groups excluding carboxylic acids is 1. The van der Waals surface area contributed by atoms with E-state index in [-0.39, 0.29) is 16.8 Å². The van der Waals surface area contributed by atoms with Gasteiger partial charge in [0.05, 0.1) is 25.0 Å². The quantitative estimate of drug-likeness (QED) is 0.491. The number of benzene rings is 1. The summed E-state index contributed by atoms with van der Waals surface area (Å²) in [6.07, 6.45) is 3.57. The molecule has 7 nitrogen and oxygen atoms in total. The fourth-order valence-corrected chi connectivity index (χ4v) is 4.78. The van der Waals surface area contributed by atoms with E-state index in [1.165, 1.54) is 33.5 Å². The molecule has 1 aromatic carbocycles. The van der Waals surface area contributed by atoms with Crippen molar-refractivity contribution in [1.82, 2.24) is 9.73 Å². The largest absolute Gasteiger partial charge is 0.337 e. The first kappa shape index (κ1) is 23.5. The van der Waals surface area contributed by atoms with Crippen molar-refractivity contribution in [1.29, 1.82) is 0 Å². The maximum atomic E-state index is 12.9. The number of sulfonamides is 1. The maximum absolute atomic E-state index is 12.9. The molecule has 0 aromatic heterocycles. The Morgan fingerprint density at radius 1 is 1.24 bits per heavy atom. The van der Waals surface area contributed by atoms with Crippen LogP contribution in [0.15, 0.2) is 34.3 Å². The second-order valence-corrected chi connectivity index (χ2v) is 10.5. The van der Waals surface area contributed by atoms with E-state index in [4.69, 9.17) is 0 Å². The van der Waals surface area contributed by atoms with Crippen molar-refractivity contribution in [3.05, 3.63) is 29.8 Å². The van der Waals surface area contributed by atoms with Gasteiger partial charge in [0.15, 0.2) is 0 Å². The lowest BCUT2D eigenvalue weighted by Gasteiger charge is -2.32. The molecule has 2 rings (SSSR count). The Hall–Kier alpha value is -1.77. The number of piperidine rings is 1. The van der Waals surface area contributed by atoms with Crippen molar-refractivity contribution in [3.8, 4) is 0 Å². The molecule has 1 amide bonds. The van der Waals surface area contributed by atoms with Crippen molar-refractivity contribution < 1.29 is 18.1 Å². The summed E-state index contributed by atoms with van der Waals surface area (Å²) in [5.41, 5.74) is 3.80. The van der Waals surface area contributed by atoms with Crippen LogP contribution in [-0.4, -0.2) is 57.6 Å². The van der Waals surface area contributed by atoms with Gasteiger partial charge in [-0.05, 0) is 49.9 Å². The third-order valence-electron chi connectivity index (χ3n) is 5.55. The van der Waals surface area contributed by atoms with Gasteiger partial charge in [0.1, 0.15) is 0 Å². The van der Waals surface area contributed by atoms with Crippen LogP contribution < -0.4 is 10.3 Å². The number of hydrogen-bond donors (Lipinski definition) is 2. The van der Waals surface area contributed by atoms with Gasteiger partial charge in [0.25, 0.3) is 5.91 Å². The Morgan fingerprint density at radius 3 is 2.38 bits per heavy atom. The number of nitrogens with one attached hydrogen (secondary N) is 2. The third kappa shape index (κ3) is 6.62.